The molecule has 7 nitrogen and oxygen atoms in total. The van der Waals surface area contributed by atoms with E-state index >= 15 is 0 Å². The Morgan fingerprint density at radius 1 is 0.931 bits per heavy atom. The third kappa shape index (κ3) is 3.89. The van der Waals surface area contributed by atoms with E-state index in [1.807, 2.05) is 62.4 Å². The van der Waals surface area contributed by atoms with Gasteiger partial charge in [0.1, 0.15) is 0 Å². The topological polar surface area (TPSA) is 86.5 Å². The van der Waals surface area contributed by atoms with Gasteiger partial charge in [-0.2, -0.15) is 4.98 Å². The number of benzene rings is 2. The smallest absolute Gasteiger partial charge is 0.378 e. The van der Waals surface area contributed by atoms with Crippen LogP contribution in [0.25, 0.3) is 16.9 Å². The van der Waals surface area contributed by atoms with Crippen molar-refractivity contribution in [2.45, 2.75) is 13.8 Å². The highest BCUT2D eigenvalue weighted by Gasteiger charge is 2.18. The molecule has 0 radical (unpaired) electrons. The van der Waals surface area contributed by atoms with Gasteiger partial charge in [0.15, 0.2) is 12.4 Å². The predicted octanol–water partition coefficient (Wildman–Crippen LogP) is 3.45. The van der Waals surface area contributed by atoms with E-state index in [4.69, 9.17) is 4.74 Å². The lowest BCUT2D eigenvalue weighted by Gasteiger charge is -2.05. The van der Waals surface area contributed by atoms with Crippen LogP contribution in [0.2, 0.25) is 0 Å². The van der Waals surface area contributed by atoms with Gasteiger partial charge in [-0.25, -0.2) is 14.3 Å². The minimum atomic E-state index is -0.762. The number of hydrogen-bond donors (Lipinski definition) is 0. The Bertz CT molecular complexity index is 1200. The molecule has 4 aromatic rings. The molecule has 0 unspecified atom stereocenters. The van der Waals surface area contributed by atoms with Gasteiger partial charge in [0, 0.05) is 17.0 Å². The predicted molar refractivity (Wildman–Crippen MR) is 107 cm³/mol. The summed E-state index contributed by atoms with van der Waals surface area (Å²) in [5.41, 5.74) is 4.11. The third-order valence-corrected chi connectivity index (χ3v) is 4.45. The summed E-state index contributed by atoms with van der Waals surface area (Å²) >= 11 is 0. The Morgan fingerprint density at radius 3 is 2.34 bits per heavy atom. The van der Waals surface area contributed by atoms with Crippen molar-refractivity contribution in [3.8, 4) is 11.1 Å². The van der Waals surface area contributed by atoms with Crippen molar-refractivity contribution >= 4 is 17.5 Å². The Morgan fingerprint density at radius 2 is 1.62 bits per heavy atom. The Labute approximate surface area is 167 Å². The second kappa shape index (κ2) is 7.63. The summed E-state index contributed by atoms with van der Waals surface area (Å²) in [6, 6.07) is 18.9. The van der Waals surface area contributed by atoms with E-state index in [9.17, 15) is 9.59 Å². The number of Topliss-reactive ketones (excluding diaryl/α,β-unsaturated/α-hetero) is 1. The third-order valence-electron chi connectivity index (χ3n) is 4.45. The maximum Gasteiger partial charge on any atom is 0.378 e. The van der Waals surface area contributed by atoms with Gasteiger partial charge in [-0.05, 0) is 31.0 Å². The molecule has 0 N–H and O–H groups in total. The molecule has 2 heterocycles. The summed E-state index contributed by atoms with van der Waals surface area (Å²) < 4.78 is 6.57. The number of carbonyl (C=O) groups is 2. The summed E-state index contributed by atoms with van der Waals surface area (Å²) in [4.78, 5) is 32.9. The highest BCUT2D eigenvalue weighted by molar-refractivity contribution is 5.99. The van der Waals surface area contributed by atoms with Crippen LogP contribution in [0.1, 0.15) is 32.4 Å². The SMILES string of the molecule is Cc1cc(C)n2nc(C(=O)OCC(=O)c3ccc(-c4ccccc4)cc3)nc2n1. The molecule has 0 aliphatic carbocycles. The van der Waals surface area contributed by atoms with Crippen molar-refractivity contribution in [3.63, 3.8) is 0 Å². The first-order valence-electron chi connectivity index (χ1n) is 9.08. The number of aryl methyl sites for hydroxylation is 2. The van der Waals surface area contributed by atoms with Gasteiger partial charge in [0.05, 0.1) is 0 Å². The molecule has 0 saturated heterocycles. The van der Waals surface area contributed by atoms with Gasteiger partial charge in [0.25, 0.3) is 11.6 Å². The highest BCUT2D eigenvalue weighted by Crippen LogP contribution is 2.19. The number of esters is 1. The number of rotatable bonds is 5. The number of ketones is 1. The van der Waals surface area contributed by atoms with Crippen LogP contribution in [-0.4, -0.2) is 37.9 Å². The molecule has 0 spiro atoms. The van der Waals surface area contributed by atoms with Crippen molar-refractivity contribution in [2.24, 2.45) is 0 Å². The number of nitrogens with zero attached hydrogens (tertiary/aromatic N) is 4. The first kappa shape index (κ1) is 18.5. The van der Waals surface area contributed by atoms with Crippen LogP contribution in [0.4, 0.5) is 0 Å². The van der Waals surface area contributed by atoms with Crippen LogP contribution in [0.3, 0.4) is 0 Å². The van der Waals surface area contributed by atoms with Gasteiger partial charge >= 0.3 is 5.97 Å². The lowest BCUT2D eigenvalue weighted by Crippen LogP contribution is -2.15. The molecule has 7 heteroatoms. The van der Waals surface area contributed by atoms with E-state index in [0.717, 1.165) is 22.5 Å². The van der Waals surface area contributed by atoms with E-state index in [0.29, 0.717) is 11.3 Å². The van der Waals surface area contributed by atoms with Crippen molar-refractivity contribution in [1.29, 1.82) is 0 Å². The summed E-state index contributed by atoms with van der Waals surface area (Å²) in [6.45, 7) is 3.29. The van der Waals surface area contributed by atoms with Crippen molar-refractivity contribution in [3.05, 3.63) is 83.4 Å². The molecule has 0 aliphatic rings. The van der Waals surface area contributed by atoms with Gasteiger partial charge in [0.2, 0.25) is 0 Å². The van der Waals surface area contributed by atoms with Gasteiger partial charge in [-0.1, -0.05) is 54.6 Å². The second-order valence-corrected chi connectivity index (χ2v) is 6.63. The number of carbonyl (C=O) groups excluding carboxylic acids is 2. The first-order chi connectivity index (χ1) is 14.0. The maximum atomic E-state index is 12.4. The highest BCUT2D eigenvalue weighted by atomic mass is 16.5. The van der Waals surface area contributed by atoms with E-state index < -0.39 is 5.97 Å². The van der Waals surface area contributed by atoms with E-state index in [2.05, 4.69) is 15.1 Å². The van der Waals surface area contributed by atoms with Gasteiger partial charge < -0.3 is 4.74 Å². The Kier molecular flexibility index (Phi) is 4.87. The number of hydrogen-bond acceptors (Lipinski definition) is 6. The molecule has 144 valence electrons. The molecule has 0 saturated carbocycles. The van der Waals surface area contributed by atoms with Gasteiger partial charge in [-0.15, -0.1) is 5.10 Å². The summed E-state index contributed by atoms with van der Waals surface area (Å²) in [7, 11) is 0. The van der Waals surface area contributed by atoms with E-state index in [1.54, 1.807) is 12.1 Å². The quantitative estimate of drug-likeness (QED) is 0.386. The fourth-order valence-corrected chi connectivity index (χ4v) is 3.01. The molecule has 0 fully saturated rings. The molecular formula is C22H18N4O3. The van der Waals surface area contributed by atoms with Crippen LogP contribution in [0.15, 0.2) is 60.7 Å². The maximum absolute atomic E-state index is 12.4. The number of aromatic nitrogens is 4. The molecule has 0 amide bonds. The largest absolute Gasteiger partial charge is 0.451 e. The number of ether oxygens (including phenoxy) is 1. The Hall–Kier alpha value is -3.87. The summed E-state index contributed by atoms with van der Waals surface area (Å²) in [6.07, 6.45) is 0. The standard InChI is InChI=1S/C22H18N4O3/c1-14-12-15(2)26-22(23-14)24-20(25-26)21(28)29-13-19(27)18-10-8-17(9-11-18)16-6-4-3-5-7-16/h3-12H,13H2,1-2H3. The van der Waals surface area contributed by atoms with Crippen LogP contribution >= 0.6 is 0 Å². The van der Waals surface area contributed by atoms with Crippen LogP contribution in [-0.2, 0) is 4.74 Å². The summed E-state index contributed by atoms with van der Waals surface area (Å²) in [5, 5.41) is 4.11. The lowest BCUT2D eigenvalue weighted by atomic mass is 10.0. The normalized spacial score (nSPS) is 10.8. The fourth-order valence-electron chi connectivity index (χ4n) is 3.01. The van der Waals surface area contributed by atoms with Crippen molar-refractivity contribution < 1.29 is 14.3 Å². The summed E-state index contributed by atoms with van der Waals surface area (Å²) in [5.74, 6) is -0.871. The zero-order chi connectivity index (χ0) is 20.4. The number of fused-ring (bicyclic) bond motifs is 1. The molecule has 0 aliphatic heterocycles. The minimum absolute atomic E-state index is 0.126. The molecular weight excluding hydrogens is 368 g/mol. The molecule has 0 atom stereocenters. The minimum Gasteiger partial charge on any atom is -0.451 e. The van der Waals surface area contributed by atoms with Crippen molar-refractivity contribution in [1.82, 2.24) is 19.6 Å². The molecule has 2 aromatic carbocycles. The average molecular weight is 386 g/mol. The monoisotopic (exact) mass is 386 g/mol. The lowest BCUT2D eigenvalue weighted by molar-refractivity contribution is 0.0463. The van der Waals surface area contributed by atoms with Crippen LogP contribution in [0, 0.1) is 13.8 Å². The van der Waals surface area contributed by atoms with Crippen LogP contribution < -0.4 is 0 Å². The fraction of sp³-hybridized carbons (Fsp3) is 0.136. The molecule has 29 heavy (non-hydrogen) atoms. The first-order valence-corrected chi connectivity index (χ1v) is 9.08. The van der Waals surface area contributed by atoms with Crippen LogP contribution in [0.5, 0.6) is 0 Å². The van der Waals surface area contributed by atoms with E-state index in [-0.39, 0.29) is 18.2 Å². The zero-order valence-corrected chi connectivity index (χ0v) is 16.0. The van der Waals surface area contributed by atoms with E-state index in [1.165, 1.54) is 4.52 Å². The average Bonchev–Trinajstić information content (AvgIpc) is 3.17. The molecule has 4 rings (SSSR count). The molecule has 0 bridgehead atoms. The van der Waals surface area contributed by atoms with Crippen molar-refractivity contribution in [2.75, 3.05) is 6.61 Å². The second-order valence-electron chi connectivity index (χ2n) is 6.63. The molecule has 2 aromatic heterocycles. The van der Waals surface area contributed by atoms with Gasteiger partial charge in [-0.3, -0.25) is 4.79 Å². The Balaban J connectivity index is 1.43. The zero-order valence-electron chi connectivity index (χ0n) is 16.0.